The van der Waals surface area contributed by atoms with Gasteiger partial charge in [-0.2, -0.15) is 0 Å². The van der Waals surface area contributed by atoms with Crippen LogP contribution in [0.4, 0.5) is 11.5 Å². The summed E-state index contributed by atoms with van der Waals surface area (Å²) in [5, 5.41) is 10.1. The van der Waals surface area contributed by atoms with Crippen molar-refractivity contribution in [3.63, 3.8) is 0 Å². The van der Waals surface area contributed by atoms with Crippen molar-refractivity contribution < 1.29 is 18.3 Å². The van der Waals surface area contributed by atoms with Crippen molar-refractivity contribution in [1.82, 2.24) is 9.88 Å². The second-order valence-electron chi connectivity index (χ2n) is 7.02. The number of hydrogen-bond acceptors (Lipinski definition) is 7. The molecule has 4 rings (SSSR count). The molecule has 1 aliphatic heterocycles. The summed E-state index contributed by atoms with van der Waals surface area (Å²) in [5.74, 6) is -0.468. The summed E-state index contributed by atoms with van der Waals surface area (Å²) in [6.45, 7) is 3.29. The molecule has 0 bridgehead atoms. The molecule has 2 N–H and O–H groups in total. The second kappa shape index (κ2) is 11.9. The first kappa shape index (κ1) is 29.7. The molecular formula is C19H22BrCl3N4O4S2. The first-order valence-electron chi connectivity index (χ1n) is 9.13. The Morgan fingerprint density at radius 1 is 1.09 bits per heavy atom. The Hall–Kier alpha value is -1.34. The molecule has 0 unspecified atom stereocenters. The van der Waals surface area contributed by atoms with Gasteiger partial charge in [0.1, 0.15) is 10.0 Å². The van der Waals surface area contributed by atoms with Gasteiger partial charge in [0.05, 0.1) is 14.9 Å². The van der Waals surface area contributed by atoms with Crippen molar-refractivity contribution in [2.75, 3.05) is 42.8 Å². The van der Waals surface area contributed by atoms with Crippen LogP contribution in [0, 0.1) is 0 Å². The average molecular weight is 621 g/mol. The van der Waals surface area contributed by atoms with Gasteiger partial charge >= 0.3 is 5.97 Å². The number of nitrogens with zero attached hydrogens (tertiary/aromatic N) is 3. The van der Waals surface area contributed by atoms with Crippen LogP contribution >= 0.6 is 64.5 Å². The largest absolute Gasteiger partial charge is 0.478 e. The number of hydrogen-bond donors (Lipinski definition) is 2. The van der Waals surface area contributed by atoms with Crippen LogP contribution in [0.2, 0.25) is 0 Å². The number of piperazine rings is 1. The van der Waals surface area contributed by atoms with Crippen molar-refractivity contribution >= 4 is 103 Å². The number of carboxylic acids is 1. The molecule has 0 amide bonds. The van der Waals surface area contributed by atoms with E-state index < -0.39 is 16.0 Å². The minimum Gasteiger partial charge on any atom is -0.478 e. The Morgan fingerprint density at radius 2 is 1.76 bits per heavy atom. The van der Waals surface area contributed by atoms with Crippen molar-refractivity contribution in [2.45, 2.75) is 4.21 Å². The zero-order valence-electron chi connectivity index (χ0n) is 17.2. The Labute approximate surface area is 222 Å². The SMILES string of the molecule is CN1CCN(c2cc(C(=O)O)c3cc(NS(=O)(=O)c4ccc(Br)s4)ccc3n2)CC1.Cl.Cl.Cl. The molecule has 1 aromatic carbocycles. The van der Waals surface area contributed by atoms with E-state index in [1.54, 1.807) is 24.3 Å². The topological polar surface area (TPSA) is 103 Å². The van der Waals surface area contributed by atoms with Gasteiger partial charge in [-0.15, -0.1) is 48.6 Å². The van der Waals surface area contributed by atoms with Crippen molar-refractivity contribution in [3.8, 4) is 0 Å². The fraction of sp³-hybridized carbons (Fsp3) is 0.263. The first-order chi connectivity index (χ1) is 14.2. The van der Waals surface area contributed by atoms with Gasteiger partial charge in [-0.1, -0.05) is 0 Å². The van der Waals surface area contributed by atoms with Crippen LogP contribution in [0.1, 0.15) is 10.4 Å². The molecule has 3 aromatic rings. The lowest BCUT2D eigenvalue weighted by Crippen LogP contribution is -2.44. The zero-order valence-corrected chi connectivity index (χ0v) is 22.9. The van der Waals surface area contributed by atoms with E-state index in [9.17, 15) is 18.3 Å². The number of carboxylic acid groups (broad SMARTS) is 1. The standard InChI is InChI=1S/C19H19BrN4O4S2.3ClH/c1-23-6-8-24(9-7-23)17-11-14(19(25)26)13-10-12(2-3-15(13)21-17)22-30(27,28)18-5-4-16(20)29-18;;;/h2-5,10-11,22H,6-9H2,1H3,(H,25,26);3*1H. The summed E-state index contributed by atoms with van der Waals surface area (Å²) in [6, 6.07) is 9.47. The van der Waals surface area contributed by atoms with Gasteiger partial charge in [0, 0.05) is 37.3 Å². The molecule has 33 heavy (non-hydrogen) atoms. The highest BCUT2D eigenvalue weighted by Crippen LogP contribution is 2.30. The Balaban J connectivity index is 0.00000181. The minimum atomic E-state index is -3.77. The molecule has 14 heteroatoms. The fourth-order valence-electron chi connectivity index (χ4n) is 3.30. The number of aromatic nitrogens is 1. The third kappa shape index (κ3) is 6.62. The third-order valence-electron chi connectivity index (χ3n) is 4.92. The number of nitrogens with one attached hydrogen (secondary N) is 1. The molecule has 2 aromatic heterocycles. The normalized spacial score (nSPS) is 14.1. The molecule has 0 spiro atoms. The van der Waals surface area contributed by atoms with E-state index in [-0.39, 0.29) is 52.7 Å². The number of fused-ring (bicyclic) bond motifs is 1. The molecular weight excluding hydrogens is 599 g/mol. The number of aromatic carboxylic acids is 1. The number of sulfonamides is 1. The summed E-state index contributed by atoms with van der Waals surface area (Å²) in [6.07, 6.45) is 0. The van der Waals surface area contributed by atoms with Crippen LogP contribution in [-0.2, 0) is 10.0 Å². The summed E-state index contributed by atoms with van der Waals surface area (Å²) >= 11 is 4.35. The van der Waals surface area contributed by atoms with Gasteiger partial charge in [-0.05, 0) is 59.4 Å². The molecule has 0 saturated carbocycles. The predicted octanol–water partition coefficient (Wildman–Crippen LogP) is 4.58. The Bertz CT molecular complexity index is 1240. The van der Waals surface area contributed by atoms with Gasteiger partial charge in [-0.3, -0.25) is 4.72 Å². The van der Waals surface area contributed by atoms with Crippen molar-refractivity contribution in [1.29, 1.82) is 0 Å². The predicted molar refractivity (Wildman–Crippen MR) is 143 cm³/mol. The summed E-state index contributed by atoms with van der Waals surface area (Å²) in [5.41, 5.74) is 0.878. The van der Waals surface area contributed by atoms with Crippen LogP contribution in [0.3, 0.4) is 0 Å². The number of benzene rings is 1. The van der Waals surface area contributed by atoms with Crippen molar-refractivity contribution in [2.24, 2.45) is 0 Å². The summed E-state index contributed by atoms with van der Waals surface area (Å²) in [4.78, 5) is 20.8. The number of likely N-dealkylation sites (N-methyl/N-ethyl adjacent to an activating group) is 1. The maximum atomic E-state index is 12.6. The highest BCUT2D eigenvalue weighted by molar-refractivity contribution is 9.11. The molecule has 1 saturated heterocycles. The van der Waals surface area contributed by atoms with Crippen LogP contribution < -0.4 is 9.62 Å². The quantitative estimate of drug-likeness (QED) is 0.431. The lowest BCUT2D eigenvalue weighted by molar-refractivity contribution is 0.0699. The molecule has 0 atom stereocenters. The third-order valence-corrected chi connectivity index (χ3v) is 8.42. The maximum Gasteiger partial charge on any atom is 0.336 e. The van der Waals surface area contributed by atoms with Gasteiger partial charge in [0.2, 0.25) is 0 Å². The number of rotatable bonds is 5. The van der Waals surface area contributed by atoms with E-state index in [4.69, 9.17) is 0 Å². The Morgan fingerprint density at radius 3 is 2.33 bits per heavy atom. The van der Waals surface area contributed by atoms with E-state index in [1.807, 2.05) is 7.05 Å². The summed E-state index contributed by atoms with van der Waals surface area (Å²) in [7, 11) is -1.72. The highest BCUT2D eigenvalue weighted by atomic mass is 79.9. The van der Waals surface area contributed by atoms with Gasteiger partial charge in [0.25, 0.3) is 10.0 Å². The molecule has 0 radical (unpaired) electrons. The number of pyridine rings is 1. The van der Waals surface area contributed by atoms with E-state index in [0.29, 0.717) is 20.5 Å². The smallest absolute Gasteiger partial charge is 0.336 e. The van der Waals surface area contributed by atoms with E-state index in [0.717, 1.165) is 37.5 Å². The van der Waals surface area contributed by atoms with E-state index >= 15 is 0 Å². The number of thiophene rings is 1. The Kier molecular flexibility index (Phi) is 10.7. The first-order valence-corrected chi connectivity index (χ1v) is 12.2. The molecule has 0 aliphatic carbocycles. The molecule has 8 nitrogen and oxygen atoms in total. The van der Waals surface area contributed by atoms with Gasteiger partial charge in [0.15, 0.2) is 0 Å². The fourth-order valence-corrected chi connectivity index (χ4v) is 6.36. The molecule has 182 valence electrons. The van der Waals surface area contributed by atoms with Gasteiger partial charge in [-0.25, -0.2) is 18.2 Å². The lowest BCUT2D eigenvalue weighted by Gasteiger charge is -2.33. The van der Waals surface area contributed by atoms with E-state index in [1.165, 1.54) is 12.1 Å². The monoisotopic (exact) mass is 618 g/mol. The minimum absolute atomic E-state index is 0. The number of halogens is 4. The summed E-state index contributed by atoms with van der Waals surface area (Å²) < 4.78 is 28.6. The average Bonchev–Trinajstić information content (AvgIpc) is 3.15. The zero-order chi connectivity index (χ0) is 21.5. The molecule has 1 aliphatic rings. The highest BCUT2D eigenvalue weighted by Gasteiger charge is 2.21. The van der Waals surface area contributed by atoms with Crippen LogP contribution in [0.15, 0.2) is 44.4 Å². The number of anilines is 2. The lowest BCUT2D eigenvalue weighted by atomic mass is 10.1. The van der Waals surface area contributed by atoms with Crippen LogP contribution in [-0.4, -0.2) is 62.6 Å². The maximum absolute atomic E-state index is 12.6. The van der Waals surface area contributed by atoms with E-state index in [2.05, 4.69) is 35.4 Å². The molecule has 1 fully saturated rings. The van der Waals surface area contributed by atoms with Gasteiger partial charge < -0.3 is 14.9 Å². The molecule has 3 heterocycles. The number of carbonyl (C=O) groups is 1. The van der Waals surface area contributed by atoms with Crippen LogP contribution in [0.25, 0.3) is 10.9 Å². The van der Waals surface area contributed by atoms with Crippen LogP contribution in [0.5, 0.6) is 0 Å². The van der Waals surface area contributed by atoms with Crippen molar-refractivity contribution in [3.05, 3.63) is 45.7 Å². The second-order valence-corrected chi connectivity index (χ2v) is 11.4.